The van der Waals surface area contributed by atoms with Crippen LogP contribution >= 0.6 is 0 Å². The third kappa shape index (κ3) is 3.70. The molecule has 0 N–H and O–H groups in total. The van der Waals surface area contributed by atoms with Crippen LogP contribution in [0.5, 0.6) is 5.75 Å². The van der Waals surface area contributed by atoms with Gasteiger partial charge in [-0.15, -0.1) is 5.10 Å². The molecule has 0 radical (unpaired) electrons. The first-order valence-electron chi connectivity index (χ1n) is 8.13. The molecule has 1 saturated heterocycles. The Labute approximate surface area is 141 Å². The van der Waals surface area contributed by atoms with E-state index in [4.69, 9.17) is 4.74 Å². The van der Waals surface area contributed by atoms with Crippen molar-refractivity contribution >= 4 is 5.91 Å². The zero-order valence-corrected chi connectivity index (χ0v) is 14.1. The van der Waals surface area contributed by atoms with Crippen LogP contribution in [0, 0.1) is 0 Å². The van der Waals surface area contributed by atoms with Gasteiger partial charge in [0.1, 0.15) is 12.4 Å². The minimum atomic E-state index is 0.0785. The van der Waals surface area contributed by atoms with E-state index in [2.05, 4.69) is 27.3 Å². The van der Waals surface area contributed by atoms with Crippen LogP contribution in [-0.2, 0) is 13.7 Å². The molecule has 0 unspecified atom stereocenters. The summed E-state index contributed by atoms with van der Waals surface area (Å²) in [6.07, 6.45) is 0. The second kappa shape index (κ2) is 7.39. The van der Waals surface area contributed by atoms with E-state index in [-0.39, 0.29) is 12.5 Å². The molecule has 1 aromatic carbocycles. The molecule has 3 rings (SSSR count). The van der Waals surface area contributed by atoms with Crippen molar-refractivity contribution < 1.29 is 9.53 Å². The highest BCUT2D eigenvalue weighted by Gasteiger charge is 2.21. The Balaban J connectivity index is 1.56. The fourth-order valence-corrected chi connectivity index (χ4v) is 2.66. The van der Waals surface area contributed by atoms with Crippen molar-refractivity contribution in [3.63, 3.8) is 0 Å². The van der Waals surface area contributed by atoms with Gasteiger partial charge in [0, 0.05) is 38.8 Å². The molecule has 24 heavy (non-hydrogen) atoms. The van der Waals surface area contributed by atoms with E-state index in [9.17, 15) is 4.79 Å². The number of tetrazole rings is 1. The first-order chi connectivity index (χ1) is 11.7. The van der Waals surface area contributed by atoms with Gasteiger partial charge in [0.05, 0.1) is 0 Å². The maximum atomic E-state index is 12.5. The number of hydrogen-bond acceptors (Lipinski definition) is 6. The molecule has 1 aliphatic heterocycles. The van der Waals surface area contributed by atoms with E-state index in [1.54, 1.807) is 36.0 Å². The fourth-order valence-electron chi connectivity index (χ4n) is 2.66. The Morgan fingerprint density at radius 2 is 1.88 bits per heavy atom. The summed E-state index contributed by atoms with van der Waals surface area (Å²) in [6.45, 7) is 6.91. The SMILES string of the molecule is CCN1CCN(C(=O)c2ccc(OCc3nnnn3C)cc2)CC1. The van der Waals surface area contributed by atoms with E-state index in [1.807, 2.05) is 4.90 Å². The minimum absolute atomic E-state index is 0.0785. The molecule has 128 valence electrons. The molecule has 0 atom stereocenters. The summed E-state index contributed by atoms with van der Waals surface area (Å²) in [4.78, 5) is 16.8. The number of carbonyl (C=O) groups is 1. The van der Waals surface area contributed by atoms with Gasteiger partial charge in [0.25, 0.3) is 5.91 Å². The van der Waals surface area contributed by atoms with Crippen molar-refractivity contribution in [3.8, 4) is 5.75 Å². The minimum Gasteiger partial charge on any atom is -0.486 e. The fraction of sp³-hybridized carbons (Fsp3) is 0.500. The van der Waals surface area contributed by atoms with Gasteiger partial charge < -0.3 is 14.5 Å². The van der Waals surface area contributed by atoms with Gasteiger partial charge in [-0.1, -0.05) is 6.92 Å². The van der Waals surface area contributed by atoms with Gasteiger partial charge in [0.2, 0.25) is 0 Å². The molecule has 0 spiro atoms. The number of ether oxygens (including phenoxy) is 1. The van der Waals surface area contributed by atoms with E-state index >= 15 is 0 Å². The van der Waals surface area contributed by atoms with Crippen molar-refractivity contribution in [2.24, 2.45) is 7.05 Å². The molecular formula is C16H22N6O2. The standard InChI is InChI=1S/C16H22N6O2/c1-3-21-8-10-22(11-9-21)16(23)13-4-6-14(7-5-13)24-12-15-17-18-19-20(15)2/h4-7H,3,8-12H2,1-2H3. The van der Waals surface area contributed by atoms with Gasteiger partial charge in [-0.2, -0.15) is 0 Å². The van der Waals surface area contributed by atoms with Crippen LogP contribution in [0.25, 0.3) is 0 Å². The van der Waals surface area contributed by atoms with Gasteiger partial charge in [-0.3, -0.25) is 4.79 Å². The normalized spacial score (nSPS) is 15.5. The van der Waals surface area contributed by atoms with E-state index in [0.29, 0.717) is 17.1 Å². The molecular weight excluding hydrogens is 308 g/mol. The van der Waals surface area contributed by atoms with Crippen LogP contribution in [-0.4, -0.2) is 68.6 Å². The smallest absolute Gasteiger partial charge is 0.253 e. The van der Waals surface area contributed by atoms with E-state index in [1.165, 1.54) is 0 Å². The van der Waals surface area contributed by atoms with Crippen LogP contribution in [0.3, 0.4) is 0 Å². The zero-order valence-electron chi connectivity index (χ0n) is 14.1. The molecule has 1 fully saturated rings. The van der Waals surface area contributed by atoms with Crippen LogP contribution in [0.2, 0.25) is 0 Å². The molecule has 2 heterocycles. The second-order valence-corrected chi connectivity index (χ2v) is 5.76. The average Bonchev–Trinajstić information content (AvgIpc) is 3.05. The number of hydrogen-bond donors (Lipinski definition) is 0. The highest BCUT2D eigenvalue weighted by molar-refractivity contribution is 5.94. The predicted molar refractivity (Wildman–Crippen MR) is 87.6 cm³/mol. The third-order valence-corrected chi connectivity index (χ3v) is 4.28. The van der Waals surface area contributed by atoms with Gasteiger partial charge in [-0.25, -0.2) is 4.68 Å². The average molecular weight is 330 g/mol. The van der Waals surface area contributed by atoms with Crippen LogP contribution in [0.4, 0.5) is 0 Å². The third-order valence-electron chi connectivity index (χ3n) is 4.28. The first kappa shape index (κ1) is 16.4. The summed E-state index contributed by atoms with van der Waals surface area (Å²) in [5.41, 5.74) is 0.688. The van der Waals surface area contributed by atoms with Gasteiger partial charge in [-0.05, 0) is 41.2 Å². The molecule has 8 heteroatoms. The molecule has 2 aromatic rings. The second-order valence-electron chi connectivity index (χ2n) is 5.76. The lowest BCUT2D eigenvalue weighted by molar-refractivity contribution is 0.0643. The Bertz CT molecular complexity index is 676. The summed E-state index contributed by atoms with van der Waals surface area (Å²) in [7, 11) is 1.76. The summed E-state index contributed by atoms with van der Waals surface area (Å²) in [5.74, 6) is 1.41. The number of amides is 1. The lowest BCUT2D eigenvalue weighted by Gasteiger charge is -2.34. The maximum Gasteiger partial charge on any atom is 0.253 e. The van der Waals surface area contributed by atoms with Crippen molar-refractivity contribution in [1.29, 1.82) is 0 Å². The highest BCUT2D eigenvalue weighted by Crippen LogP contribution is 2.15. The number of aryl methyl sites for hydroxylation is 1. The van der Waals surface area contributed by atoms with Crippen molar-refractivity contribution in [3.05, 3.63) is 35.7 Å². The number of benzene rings is 1. The lowest BCUT2D eigenvalue weighted by Crippen LogP contribution is -2.48. The number of rotatable bonds is 5. The van der Waals surface area contributed by atoms with Crippen LogP contribution in [0.15, 0.2) is 24.3 Å². The first-order valence-corrected chi connectivity index (χ1v) is 8.13. The largest absolute Gasteiger partial charge is 0.486 e. The zero-order chi connectivity index (χ0) is 16.9. The molecule has 0 aliphatic carbocycles. The quantitative estimate of drug-likeness (QED) is 0.798. The molecule has 0 saturated carbocycles. The van der Waals surface area contributed by atoms with E-state index in [0.717, 1.165) is 32.7 Å². The Hall–Kier alpha value is -2.48. The van der Waals surface area contributed by atoms with Crippen molar-refractivity contribution in [2.45, 2.75) is 13.5 Å². The monoisotopic (exact) mass is 330 g/mol. The summed E-state index contributed by atoms with van der Waals surface area (Å²) in [5, 5.41) is 11.2. The Morgan fingerprint density at radius 1 is 1.17 bits per heavy atom. The number of carbonyl (C=O) groups excluding carboxylic acids is 1. The number of piperazine rings is 1. The topological polar surface area (TPSA) is 76.4 Å². The summed E-state index contributed by atoms with van der Waals surface area (Å²) in [6, 6.07) is 7.22. The van der Waals surface area contributed by atoms with Crippen molar-refractivity contribution in [2.75, 3.05) is 32.7 Å². The Kier molecular flexibility index (Phi) is 5.05. The molecule has 1 aliphatic rings. The number of likely N-dealkylation sites (N-methyl/N-ethyl adjacent to an activating group) is 1. The summed E-state index contributed by atoms with van der Waals surface area (Å²) < 4.78 is 7.21. The number of aromatic nitrogens is 4. The highest BCUT2D eigenvalue weighted by atomic mass is 16.5. The molecule has 8 nitrogen and oxygen atoms in total. The Morgan fingerprint density at radius 3 is 2.46 bits per heavy atom. The summed E-state index contributed by atoms with van der Waals surface area (Å²) >= 11 is 0. The van der Waals surface area contributed by atoms with Crippen LogP contribution < -0.4 is 4.74 Å². The van der Waals surface area contributed by atoms with Gasteiger partial charge >= 0.3 is 0 Å². The maximum absolute atomic E-state index is 12.5. The van der Waals surface area contributed by atoms with E-state index < -0.39 is 0 Å². The van der Waals surface area contributed by atoms with Gasteiger partial charge in [0.15, 0.2) is 5.82 Å². The van der Waals surface area contributed by atoms with Crippen molar-refractivity contribution in [1.82, 2.24) is 30.0 Å². The van der Waals surface area contributed by atoms with Crippen LogP contribution in [0.1, 0.15) is 23.1 Å². The molecule has 1 amide bonds. The lowest BCUT2D eigenvalue weighted by atomic mass is 10.1. The molecule has 0 bridgehead atoms. The molecule has 1 aromatic heterocycles. The number of nitrogens with zero attached hydrogens (tertiary/aromatic N) is 6. The predicted octanol–water partition coefficient (Wildman–Crippen LogP) is 0.567.